The van der Waals surface area contributed by atoms with Gasteiger partial charge in [0.15, 0.2) is 11.5 Å². The highest BCUT2D eigenvalue weighted by Gasteiger charge is 2.30. The van der Waals surface area contributed by atoms with Crippen LogP contribution in [0.2, 0.25) is 0 Å². The minimum Gasteiger partial charge on any atom is -0.494 e. The molecule has 10 heteroatoms. The Hall–Kier alpha value is -3.69. The van der Waals surface area contributed by atoms with Crippen molar-refractivity contribution in [3.63, 3.8) is 0 Å². The smallest absolute Gasteiger partial charge is 0.331 e. The van der Waals surface area contributed by atoms with Crippen molar-refractivity contribution in [2.45, 2.75) is 19.0 Å². The van der Waals surface area contributed by atoms with Crippen LogP contribution in [0, 0.1) is 0 Å². The molecular weight excluding hydrogens is 380 g/mol. The van der Waals surface area contributed by atoms with Crippen LogP contribution in [0.15, 0.2) is 39.5 Å². The van der Waals surface area contributed by atoms with Gasteiger partial charge in [-0.25, -0.2) is 4.79 Å². The molecule has 154 valence electrons. The molecule has 1 atom stereocenters. The summed E-state index contributed by atoms with van der Waals surface area (Å²) in [6.45, 7) is 3.59. The Kier molecular flexibility index (Phi) is 5.62. The van der Waals surface area contributed by atoms with E-state index in [2.05, 4.69) is 22.1 Å². The lowest BCUT2D eigenvalue weighted by Crippen LogP contribution is -2.33. The van der Waals surface area contributed by atoms with Crippen molar-refractivity contribution >= 4 is 5.71 Å². The second-order valence-electron chi connectivity index (χ2n) is 6.23. The Labute approximate surface area is 166 Å². The van der Waals surface area contributed by atoms with E-state index in [1.54, 1.807) is 12.1 Å². The summed E-state index contributed by atoms with van der Waals surface area (Å²) in [5.74, 6) is 0.954. The fraction of sp³-hybridized carbons (Fsp3) is 0.316. The zero-order chi connectivity index (χ0) is 21.1. The highest BCUT2D eigenvalue weighted by Crippen LogP contribution is 2.43. The van der Waals surface area contributed by atoms with Gasteiger partial charge in [-0.1, -0.05) is 6.08 Å². The van der Waals surface area contributed by atoms with Crippen LogP contribution in [0.3, 0.4) is 0 Å². The van der Waals surface area contributed by atoms with Crippen LogP contribution in [0.4, 0.5) is 0 Å². The number of H-pyrrole nitrogens is 1. The van der Waals surface area contributed by atoms with Gasteiger partial charge in [0.25, 0.3) is 5.56 Å². The number of nitrogens with zero attached hydrogens (tertiary/aromatic N) is 2. The number of aromatic hydroxyl groups is 1. The molecule has 0 aliphatic carbocycles. The third kappa shape index (κ3) is 3.44. The quantitative estimate of drug-likeness (QED) is 0.587. The first-order valence-corrected chi connectivity index (χ1v) is 8.75. The first-order chi connectivity index (χ1) is 14.0. The molecule has 0 saturated carbocycles. The zero-order valence-electron chi connectivity index (χ0n) is 16.3. The number of aromatic nitrogens is 2. The van der Waals surface area contributed by atoms with Gasteiger partial charge in [-0.2, -0.15) is 5.10 Å². The van der Waals surface area contributed by atoms with Crippen molar-refractivity contribution in [1.82, 2.24) is 15.0 Å². The van der Waals surface area contributed by atoms with Crippen LogP contribution >= 0.6 is 0 Å². The van der Waals surface area contributed by atoms with E-state index in [4.69, 9.17) is 14.2 Å². The third-order valence-electron chi connectivity index (χ3n) is 4.64. The van der Waals surface area contributed by atoms with E-state index < -0.39 is 17.1 Å². The number of ether oxygens (including phenoxy) is 3. The van der Waals surface area contributed by atoms with Crippen molar-refractivity contribution in [2.24, 2.45) is 5.10 Å². The normalized spacial score (nSPS) is 15.4. The molecule has 0 radical (unpaired) electrons. The van der Waals surface area contributed by atoms with Crippen molar-refractivity contribution in [3.8, 4) is 23.1 Å². The second-order valence-corrected chi connectivity index (χ2v) is 6.23. The summed E-state index contributed by atoms with van der Waals surface area (Å²) in [6, 6.07) is 3.20. The molecule has 0 fully saturated rings. The number of nitrogens with one attached hydrogen (secondary N) is 2. The van der Waals surface area contributed by atoms with Crippen molar-refractivity contribution in [2.75, 3.05) is 21.3 Å². The lowest BCUT2D eigenvalue weighted by molar-refractivity contribution is 0.320. The van der Waals surface area contributed by atoms with Gasteiger partial charge < -0.3 is 24.7 Å². The highest BCUT2D eigenvalue weighted by atomic mass is 16.5. The molecule has 2 aromatic rings. The van der Waals surface area contributed by atoms with Crippen molar-refractivity contribution < 1.29 is 19.3 Å². The zero-order valence-corrected chi connectivity index (χ0v) is 16.3. The van der Waals surface area contributed by atoms with E-state index in [1.165, 1.54) is 27.4 Å². The summed E-state index contributed by atoms with van der Waals surface area (Å²) in [6.07, 6.45) is 1.71. The first-order valence-electron chi connectivity index (χ1n) is 8.75. The molecule has 0 spiro atoms. The number of allylic oxidation sites excluding steroid dienone is 1. The molecule has 0 saturated heterocycles. The molecule has 0 bridgehead atoms. The van der Waals surface area contributed by atoms with Gasteiger partial charge in [0.05, 0.1) is 33.1 Å². The van der Waals surface area contributed by atoms with Crippen LogP contribution in [0.25, 0.3) is 0 Å². The molecule has 3 rings (SSSR count). The average molecular weight is 402 g/mol. The molecule has 1 aromatic carbocycles. The van der Waals surface area contributed by atoms with Crippen LogP contribution in [-0.4, -0.2) is 41.7 Å². The molecule has 29 heavy (non-hydrogen) atoms. The third-order valence-corrected chi connectivity index (χ3v) is 4.64. The second kappa shape index (κ2) is 8.13. The standard InChI is InChI=1S/C19H22N4O6/c1-5-8-23-18(25)14(17(24)20-19(23)26)12-9-11(21-22-12)10-6-7-13(27-2)16(29-4)15(10)28-3/h5-7,11,21,25H,1,8-9H2,2-4H3,(H,20,24,26). The van der Waals surface area contributed by atoms with Crippen LogP contribution < -0.4 is 30.9 Å². The molecule has 1 unspecified atom stereocenters. The van der Waals surface area contributed by atoms with E-state index >= 15 is 0 Å². The predicted molar refractivity (Wildman–Crippen MR) is 106 cm³/mol. The number of rotatable bonds is 7. The molecule has 0 amide bonds. The fourth-order valence-electron chi connectivity index (χ4n) is 3.30. The van der Waals surface area contributed by atoms with E-state index in [0.717, 1.165) is 10.1 Å². The van der Waals surface area contributed by atoms with E-state index in [9.17, 15) is 14.7 Å². The lowest BCUT2D eigenvalue weighted by Gasteiger charge is -2.19. The first kappa shape index (κ1) is 20.1. The number of hydrazone groups is 1. The summed E-state index contributed by atoms with van der Waals surface area (Å²) in [7, 11) is 4.55. The molecule has 3 N–H and O–H groups in total. The number of methoxy groups -OCH3 is 3. The van der Waals surface area contributed by atoms with Gasteiger partial charge in [-0.3, -0.25) is 14.3 Å². The van der Waals surface area contributed by atoms with Crippen molar-refractivity contribution in [1.29, 1.82) is 0 Å². The van der Waals surface area contributed by atoms with Crippen molar-refractivity contribution in [3.05, 3.63) is 56.8 Å². The number of aromatic amines is 1. The van der Waals surface area contributed by atoms with Crippen LogP contribution in [-0.2, 0) is 6.54 Å². The Morgan fingerprint density at radius 3 is 2.59 bits per heavy atom. The van der Waals surface area contributed by atoms with Crippen LogP contribution in [0.5, 0.6) is 23.1 Å². The minimum atomic E-state index is -0.721. The predicted octanol–water partition coefficient (Wildman–Crippen LogP) is 0.893. The lowest BCUT2D eigenvalue weighted by atomic mass is 9.98. The number of benzene rings is 1. The van der Waals surface area contributed by atoms with E-state index in [0.29, 0.717) is 23.0 Å². The molecule has 1 aromatic heterocycles. The maximum absolute atomic E-state index is 12.3. The Bertz CT molecular complexity index is 1090. The molecule has 1 aliphatic rings. The SMILES string of the molecule is C=CCn1c(O)c(C2=NNC(c3ccc(OC)c(OC)c3OC)C2)c(=O)[nH]c1=O. The van der Waals surface area contributed by atoms with Gasteiger partial charge in [0.1, 0.15) is 5.56 Å². The average Bonchev–Trinajstić information content (AvgIpc) is 3.18. The number of hydrogen-bond donors (Lipinski definition) is 3. The maximum atomic E-state index is 12.3. The Balaban J connectivity index is 2.00. The minimum absolute atomic E-state index is 0.0437. The van der Waals surface area contributed by atoms with Gasteiger partial charge >= 0.3 is 5.69 Å². The fourth-order valence-corrected chi connectivity index (χ4v) is 3.30. The van der Waals surface area contributed by atoms with Gasteiger partial charge in [0.2, 0.25) is 11.6 Å². The largest absolute Gasteiger partial charge is 0.494 e. The van der Waals surface area contributed by atoms with Gasteiger partial charge in [0, 0.05) is 18.5 Å². The maximum Gasteiger partial charge on any atom is 0.331 e. The Morgan fingerprint density at radius 1 is 1.24 bits per heavy atom. The summed E-state index contributed by atoms with van der Waals surface area (Å²) in [4.78, 5) is 26.4. The summed E-state index contributed by atoms with van der Waals surface area (Å²) < 4.78 is 17.2. The Morgan fingerprint density at radius 2 is 1.97 bits per heavy atom. The van der Waals surface area contributed by atoms with E-state index in [-0.39, 0.29) is 24.6 Å². The molecular formula is C19H22N4O6. The molecule has 1 aliphatic heterocycles. The summed E-state index contributed by atoms with van der Waals surface area (Å²) in [5.41, 5.74) is 2.49. The summed E-state index contributed by atoms with van der Waals surface area (Å²) in [5, 5.41) is 14.7. The van der Waals surface area contributed by atoms with Gasteiger partial charge in [-0.15, -0.1) is 6.58 Å². The molecule has 2 heterocycles. The number of hydrogen-bond acceptors (Lipinski definition) is 8. The monoisotopic (exact) mass is 402 g/mol. The summed E-state index contributed by atoms with van der Waals surface area (Å²) >= 11 is 0. The van der Waals surface area contributed by atoms with E-state index in [1.807, 2.05) is 0 Å². The highest BCUT2D eigenvalue weighted by molar-refractivity contribution is 6.03. The topological polar surface area (TPSA) is 127 Å². The molecule has 10 nitrogen and oxygen atoms in total. The van der Waals surface area contributed by atoms with Gasteiger partial charge in [-0.05, 0) is 12.1 Å². The van der Waals surface area contributed by atoms with Crippen LogP contribution in [0.1, 0.15) is 23.6 Å².